The molecule has 0 saturated carbocycles. The van der Waals surface area contributed by atoms with Crippen LogP contribution in [0.2, 0.25) is 0 Å². The van der Waals surface area contributed by atoms with Crippen molar-refractivity contribution in [1.82, 2.24) is 13.9 Å². The van der Waals surface area contributed by atoms with E-state index in [2.05, 4.69) is 44.2 Å². The van der Waals surface area contributed by atoms with E-state index in [0.717, 1.165) is 42.5 Å². The summed E-state index contributed by atoms with van der Waals surface area (Å²) in [5, 5.41) is 0. The molecule has 0 unspecified atom stereocenters. The number of fused-ring (bicyclic) bond motifs is 1. The molecule has 2 aliphatic heterocycles. The molecule has 1 fully saturated rings. The van der Waals surface area contributed by atoms with Gasteiger partial charge in [-0.3, -0.25) is 4.79 Å². The highest BCUT2D eigenvalue weighted by atomic mass is 32.2. The highest BCUT2D eigenvalue weighted by molar-refractivity contribution is 7.97. The highest BCUT2D eigenvalue weighted by Gasteiger charge is 2.25. The fourth-order valence-electron chi connectivity index (χ4n) is 4.54. The number of likely N-dealkylation sites (N-methyl/N-ethyl adjacent to an activating group) is 1. The van der Waals surface area contributed by atoms with E-state index in [-0.39, 0.29) is 5.91 Å². The van der Waals surface area contributed by atoms with Crippen molar-refractivity contribution >= 4 is 29.6 Å². The van der Waals surface area contributed by atoms with E-state index in [0.29, 0.717) is 6.42 Å². The van der Waals surface area contributed by atoms with Crippen LogP contribution in [0.15, 0.2) is 66.0 Å². The number of piperidine rings is 1. The minimum Gasteiger partial charge on any atom is -0.331 e. The lowest BCUT2D eigenvalue weighted by Crippen LogP contribution is -2.28. The molecule has 4 rings (SSSR count). The second-order valence-electron chi connectivity index (χ2n) is 8.81. The van der Waals surface area contributed by atoms with Crippen molar-refractivity contribution in [2.24, 2.45) is 5.92 Å². The third-order valence-electron chi connectivity index (χ3n) is 6.48. The Balaban J connectivity index is 1.19. The monoisotopic (exact) mass is 462 g/mol. The molecule has 33 heavy (non-hydrogen) atoms. The van der Waals surface area contributed by atoms with Gasteiger partial charge in [0.1, 0.15) is 0 Å². The second kappa shape index (κ2) is 11.5. The van der Waals surface area contributed by atoms with E-state index in [4.69, 9.17) is 0 Å². The number of anilines is 1. The molecule has 2 aromatic rings. The molecule has 0 radical (unpaired) electrons. The zero-order chi connectivity index (χ0) is 23.0. The van der Waals surface area contributed by atoms with Gasteiger partial charge in [0.05, 0.1) is 24.6 Å². The Morgan fingerprint density at radius 3 is 2.79 bits per heavy atom. The maximum absolute atomic E-state index is 11.9. The van der Waals surface area contributed by atoms with E-state index >= 15 is 0 Å². The minimum atomic E-state index is 0.188. The molecule has 5 nitrogen and oxygen atoms in total. The maximum Gasteiger partial charge on any atom is 0.231 e. The first-order chi connectivity index (χ1) is 16.1. The van der Waals surface area contributed by atoms with Crippen molar-refractivity contribution in [2.45, 2.75) is 50.5 Å². The van der Waals surface area contributed by atoms with Gasteiger partial charge in [-0.2, -0.15) is 0 Å². The van der Waals surface area contributed by atoms with Gasteiger partial charge in [-0.15, -0.1) is 0 Å². The summed E-state index contributed by atoms with van der Waals surface area (Å²) in [6.45, 7) is 5.30. The first-order valence-corrected chi connectivity index (χ1v) is 12.7. The molecule has 0 bridgehead atoms. The smallest absolute Gasteiger partial charge is 0.231 e. The number of allylic oxidation sites excluding steroid dienone is 5. The molecule has 3 heterocycles. The summed E-state index contributed by atoms with van der Waals surface area (Å²) < 4.78 is 4.74. The van der Waals surface area contributed by atoms with Gasteiger partial charge in [-0.1, -0.05) is 30.4 Å². The van der Waals surface area contributed by atoms with Crippen LogP contribution in [0.1, 0.15) is 43.9 Å². The SMILES string of the molecule is C\C=C/C=C\C=C\c1cncn1CCCC1CCN(Sc2ccc3c(c2)CC(=O)N3C)CC1. The first-order valence-electron chi connectivity index (χ1n) is 11.9. The van der Waals surface area contributed by atoms with Gasteiger partial charge >= 0.3 is 0 Å². The number of hydrogen-bond donors (Lipinski definition) is 0. The van der Waals surface area contributed by atoms with Crippen LogP contribution in [0.4, 0.5) is 5.69 Å². The van der Waals surface area contributed by atoms with Crippen LogP contribution in [0.5, 0.6) is 0 Å². The van der Waals surface area contributed by atoms with Crippen LogP contribution in [-0.2, 0) is 17.8 Å². The second-order valence-corrected chi connectivity index (χ2v) is 9.98. The largest absolute Gasteiger partial charge is 0.331 e. The van der Waals surface area contributed by atoms with Crippen molar-refractivity contribution in [2.75, 3.05) is 25.0 Å². The van der Waals surface area contributed by atoms with E-state index in [1.54, 1.807) is 4.90 Å². The molecule has 0 atom stereocenters. The normalized spacial score (nSPS) is 17.9. The quantitative estimate of drug-likeness (QED) is 0.352. The summed E-state index contributed by atoms with van der Waals surface area (Å²) in [6, 6.07) is 6.44. The average Bonchev–Trinajstić information content (AvgIpc) is 3.38. The zero-order valence-corrected chi connectivity index (χ0v) is 20.5. The van der Waals surface area contributed by atoms with E-state index < -0.39 is 0 Å². The summed E-state index contributed by atoms with van der Waals surface area (Å²) >= 11 is 1.85. The summed E-state index contributed by atoms with van der Waals surface area (Å²) in [6.07, 6.45) is 21.7. The Hall–Kier alpha value is -2.57. The maximum atomic E-state index is 11.9. The van der Waals surface area contributed by atoms with Gasteiger partial charge in [0.15, 0.2) is 0 Å². The average molecular weight is 463 g/mol. The van der Waals surface area contributed by atoms with Crippen molar-refractivity contribution in [3.63, 3.8) is 0 Å². The molecule has 174 valence electrons. The predicted octanol–water partition coefficient (Wildman–Crippen LogP) is 5.75. The van der Waals surface area contributed by atoms with E-state index in [9.17, 15) is 4.79 Å². The predicted molar refractivity (Wildman–Crippen MR) is 138 cm³/mol. The van der Waals surface area contributed by atoms with Crippen molar-refractivity contribution in [1.29, 1.82) is 0 Å². The van der Waals surface area contributed by atoms with Gasteiger partial charge in [-0.25, -0.2) is 9.29 Å². The van der Waals surface area contributed by atoms with Crippen LogP contribution >= 0.6 is 11.9 Å². The number of rotatable bonds is 9. The molecular weight excluding hydrogens is 428 g/mol. The number of benzene rings is 1. The summed E-state index contributed by atoms with van der Waals surface area (Å²) in [5.74, 6) is 0.993. The lowest BCUT2D eigenvalue weighted by molar-refractivity contribution is -0.117. The molecule has 1 amide bonds. The topological polar surface area (TPSA) is 41.4 Å². The summed E-state index contributed by atoms with van der Waals surface area (Å²) in [5.41, 5.74) is 3.38. The van der Waals surface area contributed by atoms with Crippen LogP contribution in [0.25, 0.3) is 6.08 Å². The third kappa shape index (κ3) is 6.27. The van der Waals surface area contributed by atoms with Crippen molar-refractivity contribution in [3.8, 4) is 0 Å². The molecule has 0 N–H and O–H groups in total. The third-order valence-corrected chi connectivity index (χ3v) is 7.57. The van der Waals surface area contributed by atoms with Crippen molar-refractivity contribution in [3.05, 3.63) is 72.4 Å². The number of aryl methyl sites for hydroxylation is 1. The van der Waals surface area contributed by atoms with Crippen LogP contribution in [-0.4, -0.2) is 39.9 Å². The van der Waals surface area contributed by atoms with E-state index in [1.165, 1.54) is 30.6 Å². The lowest BCUT2D eigenvalue weighted by Gasteiger charge is -2.31. The van der Waals surface area contributed by atoms with E-state index in [1.807, 2.05) is 62.7 Å². The Morgan fingerprint density at radius 1 is 1.15 bits per heavy atom. The first kappa shape index (κ1) is 23.6. The molecule has 2 aliphatic rings. The molecule has 1 aromatic heterocycles. The number of aromatic nitrogens is 2. The Labute approximate surface area is 202 Å². The fraction of sp³-hybridized carbons (Fsp3) is 0.407. The molecular formula is C27H34N4OS. The molecule has 0 spiro atoms. The number of imidazole rings is 1. The highest BCUT2D eigenvalue weighted by Crippen LogP contribution is 2.35. The number of nitrogens with zero attached hydrogens (tertiary/aromatic N) is 4. The lowest BCUT2D eigenvalue weighted by atomic mass is 9.93. The Kier molecular flexibility index (Phi) is 8.24. The van der Waals surface area contributed by atoms with Gasteiger partial charge in [0.25, 0.3) is 0 Å². The van der Waals surface area contributed by atoms with Gasteiger partial charge in [0.2, 0.25) is 5.91 Å². The molecule has 0 aliphatic carbocycles. The zero-order valence-electron chi connectivity index (χ0n) is 19.7. The summed E-state index contributed by atoms with van der Waals surface area (Å²) in [7, 11) is 1.86. The fourth-order valence-corrected chi connectivity index (χ4v) is 5.56. The Bertz CT molecular complexity index is 1030. The van der Waals surface area contributed by atoms with Gasteiger partial charge in [0, 0.05) is 37.3 Å². The molecule has 1 saturated heterocycles. The number of amides is 1. The number of carbonyl (C=O) groups is 1. The van der Waals surface area contributed by atoms with Crippen molar-refractivity contribution < 1.29 is 4.79 Å². The standard InChI is InChI=1S/C27H34N4OS/c1-3-4-5-6-7-10-24-20-28-21-30(24)15-8-9-22-13-16-31(17-14-22)33-25-11-12-26-23(18-25)19-27(32)29(26)2/h3-7,10-12,18,20-22H,8-9,13-17,19H2,1-2H3/b4-3-,6-5-,10-7+. The number of hydrogen-bond acceptors (Lipinski definition) is 4. The molecule has 1 aromatic carbocycles. The minimum absolute atomic E-state index is 0.188. The van der Waals surface area contributed by atoms with Crippen LogP contribution < -0.4 is 4.90 Å². The van der Waals surface area contributed by atoms with Crippen LogP contribution in [0, 0.1) is 5.92 Å². The number of carbonyl (C=O) groups excluding carboxylic acids is 1. The Morgan fingerprint density at radius 2 is 1.97 bits per heavy atom. The van der Waals surface area contributed by atoms with Gasteiger partial charge < -0.3 is 9.47 Å². The van der Waals surface area contributed by atoms with Gasteiger partial charge in [-0.05, 0) is 80.3 Å². The summed E-state index contributed by atoms with van der Waals surface area (Å²) in [4.78, 5) is 19.3. The van der Waals surface area contributed by atoms with Crippen LogP contribution in [0.3, 0.4) is 0 Å². The molecule has 6 heteroatoms.